The SMILES string of the molecule is COc1c(F)cc(C(=O)C2CC3CCC(C2)N3C(=O)OCc2ccccc2)cc1F. The second kappa shape index (κ2) is 8.42. The summed E-state index contributed by atoms with van der Waals surface area (Å²) in [6.45, 7) is 0.197. The number of hydrogen-bond acceptors (Lipinski definition) is 4. The van der Waals surface area contributed by atoms with Crippen LogP contribution in [0.15, 0.2) is 42.5 Å². The lowest BCUT2D eigenvalue weighted by Crippen LogP contribution is -2.48. The van der Waals surface area contributed by atoms with E-state index in [2.05, 4.69) is 4.74 Å². The molecular weight excluding hydrogens is 392 g/mol. The first-order valence-electron chi connectivity index (χ1n) is 10.0. The number of nitrogens with zero attached hydrogens (tertiary/aromatic N) is 1. The van der Waals surface area contributed by atoms with Crippen molar-refractivity contribution in [1.29, 1.82) is 0 Å². The first kappa shape index (κ1) is 20.3. The molecule has 158 valence electrons. The first-order chi connectivity index (χ1) is 14.5. The normalized spacial score (nSPS) is 22.6. The molecule has 2 aliphatic heterocycles. The van der Waals surface area contributed by atoms with Crippen LogP contribution in [-0.4, -0.2) is 36.0 Å². The van der Waals surface area contributed by atoms with E-state index in [1.54, 1.807) is 4.90 Å². The summed E-state index contributed by atoms with van der Waals surface area (Å²) in [5.74, 6) is -2.98. The van der Waals surface area contributed by atoms with Crippen molar-refractivity contribution in [2.45, 2.75) is 44.4 Å². The third kappa shape index (κ3) is 3.88. The van der Waals surface area contributed by atoms with Crippen LogP contribution in [0.1, 0.15) is 41.6 Å². The zero-order valence-corrected chi connectivity index (χ0v) is 16.6. The molecule has 0 spiro atoms. The highest BCUT2D eigenvalue weighted by atomic mass is 19.1. The van der Waals surface area contributed by atoms with Crippen molar-refractivity contribution in [1.82, 2.24) is 4.90 Å². The number of Topliss-reactive ketones (excluding diaryl/α,β-unsaturated/α-hetero) is 1. The van der Waals surface area contributed by atoms with E-state index in [-0.39, 0.29) is 42.0 Å². The predicted molar refractivity (Wildman–Crippen MR) is 105 cm³/mol. The summed E-state index contributed by atoms with van der Waals surface area (Å²) in [6.07, 6.45) is 2.13. The van der Waals surface area contributed by atoms with Crippen molar-refractivity contribution in [2.75, 3.05) is 7.11 Å². The molecule has 0 saturated carbocycles. The number of amides is 1. The number of hydrogen-bond donors (Lipinski definition) is 0. The summed E-state index contributed by atoms with van der Waals surface area (Å²) >= 11 is 0. The maximum Gasteiger partial charge on any atom is 0.410 e. The molecule has 0 N–H and O–H groups in total. The molecule has 2 bridgehead atoms. The number of rotatable bonds is 5. The maximum absolute atomic E-state index is 14.0. The minimum Gasteiger partial charge on any atom is -0.491 e. The van der Waals surface area contributed by atoms with Gasteiger partial charge in [0.1, 0.15) is 6.61 Å². The van der Waals surface area contributed by atoms with Gasteiger partial charge < -0.3 is 14.4 Å². The Morgan fingerprint density at radius 3 is 2.20 bits per heavy atom. The highest BCUT2D eigenvalue weighted by Gasteiger charge is 2.46. The number of halogens is 2. The summed E-state index contributed by atoms with van der Waals surface area (Å²) < 4.78 is 38.2. The van der Waals surface area contributed by atoms with Gasteiger partial charge in [-0.1, -0.05) is 30.3 Å². The van der Waals surface area contributed by atoms with Gasteiger partial charge in [0, 0.05) is 23.6 Å². The molecule has 5 nitrogen and oxygen atoms in total. The number of methoxy groups -OCH3 is 1. The number of ether oxygens (including phenoxy) is 2. The van der Waals surface area contributed by atoms with Gasteiger partial charge in [0.25, 0.3) is 0 Å². The number of piperidine rings is 1. The lowest BCUT2D eigenvalue weighted by atomic mass is 9.85. The fraction of sp³-hybridized carbons (Fsp3) is 0.391. The smallest absolute Gasteiger partial charge is 0.410 e. The van der Waals surface area contributed by atoms with Crippen LogP contribution in [0.25, 0.3) is 0 Å². The van der Waals surface area contributed by atoms with Crippen LogP contribution in [0.3, 0.4) is 0 Å². The largest absolute Gasteiger partial charge is 0.491 e. The minimum absolute atomic E-state index is 0.00435. The van der Waals surface area contributed by atoms with E-state index in [1.807, 2.05) is 30.3 Å². The van der Waals surface area contributed by atoms with Crippen LogP contribution in [0.5, 0.6) is 5.75 Å². The van der Waals surface area contributed by atoms with Crippen LogP contribution in [0.4, 0.5) is 13.6 Å². The van der Waals surface area contributed by atoms with Gasteiger partial charge >= 0.3 is 6.09 Å². The average Bonchev–Trinajstić information content (AvgIpc) is 3.01. The van der Waals surface area contributed by atoms with Gasteiger partial charge in [0.05, 0.1) is 7.11 Å². The Kier molecular flexibility index (Phi) is 5.70. The highest BCUT2D eigenvalue weighted by molar-refractivity contribution is 5.98. The lowest BCUT2D eigenvalue weighted by molar-refractivity contribution is 0.0485. The molecule has 0 aliphatic carbocycles. The molecule has 0 radical (unpaired) electrons. The van der Waals surface area contributed by atoms with Crippen LogP contribution in [0, 0.1) is 17.6 Å². The standard InChI is InChI=1S/C23H23F2NO4/c1-29-22-19(24)11-16(12-20(22)25)21(27)15-9-17-7-8-18(10-15)26(17)23(28)30-13-14-5-3-2-4-6-14/h2-6,11-12,15,17-18H,7-10,13H2,1H3. The van der Waals surface area contributed by atoms with E-state index in [4.69, 9.17) is 4.74 Å². The van der Waals surface area contributed by atoms with Crippen molar-refractivity contribution in [3.8, 4) is 5.75 Å². The molecule has 2 aromatic carbocycles. The van der Waals surface area contributed by atoms with Gasteiger partial charge in [-0.05, 0) is 43.4 Å². The topological polar surface area (TPSA) is 55.8 Å². The van der Waals surface area contributed by atoms with Crippen molar-refractivity contribution in [2.24, 2.45) is 5.92 Å². The Bertz CT molecular complexity index is 912. The zero-order chi connectivity index (χ0) is 21.3. The molecule has 7 heteroatoms. The fourth-order valence-corrected chi connectivity index (χ4v) is 4.62. The minimum atomic E-state index is -0.897. The zero-order valence-electron chi connectivity index (χ0n) is 16.6. The number of carbonyl (C=O) groups excluding carboxylic acids is 2. The Balaban J connectivity index is 1.42. The molecule has 1 amide bonds. The third-order valence-electron chi connectivity index (χ3n) is 6.01. The van der Waals surface area contributed by atoms with Gasteiger partial charge in [-0.2, -0.15) is 0 Å². The quantitative estimate of drug-likeness (QED) is 0.662. The maximum atomic E-state index is 14.0. The van der Waals surface area contributed by atoms with Gasteiger partial charge in [0.2, 0.25) is 0 Å². The molecular formula is C23H23F2NO4. The molecule has 0 aromatic heterocycles. The molecule has 30 heavy (non-hydrogen) atoms. The van der Waals surface area contributed by atoms with E-state index in [0.29, 0.717) is 12.8 Å². The summed E-state index contributed by atoms with van der Waals surface area (Å²) in [4.78, 5) is 27.3. The number of carbonyl (C=O) groups is 2. The van der Waals surface area contributed by atoms with Crippen LogP contribution < -0.4 is 4.74 Å². The molecule has 2 atom stereocenters. The molecule has 2 aromatic rings. The monoisotopic (exact) mass is 415 g/mol. The average molecular weight is 415 g/mol. The number of ketones is 1. The molecule has 4 rings (SSSR count). The second-order valence-electron chi connectivity index (χ2n) is 7.84. The summed E-state index contributed by atoms with van der Waals surface area (Å²) in [7, 11) is 1.17. The summed E-state index contributed by atoms with van der Waals surface area (Å²) in [6, 6.07) is 11.3. The predicted octanol–water partition coefficient (Wildman–Crippen LogP) is 4.74. The second-order valence-corrected chi connectivity index (χ2v) is 7.84. The third-order valence-corrected chi connectivity index (χ3v) is 6.01. The Labute approximate surface area is 173 Å². The van der Waals surface area contributed by atoms with E-state index in [0.717, 1.165) is 30.5 Å². The van der Waals surface area contributed by atoms with E-state index < -0.39 is 17.4 Å². The van der Waals surface area contributed by atoms with Gasteiger partial charge in [0.15, 0.2) is 23.2 Å². The van der Waals surface area contributed by atoms with Crippen molar-refractivity contribution >= 4 is 11.9 Å². The van der Waals surface area contributed by atoms with E-state index in [1.165, 1.54) is 7.11 Å². The molecule has 2 saturated heterocycles. The van der Waals surface area contributed by atoms with Crippen LogP contribution in [0.2, 0.25) is 0 Å². The van der Waals surface area contributed by atoms with Crippen molar-refractivity contribution < 1.29 is 27.8 Å². The summed E-state index contributed by atoms with van der Waals surface area (Å²) in [5.41, 5.74) is 0.905. The van der Waals surface area contributed by atoms with E-state index in [9.17, 15) is 18.4 Å². The highest BCUT2D eigenvalue weighted by Crippen LogP contribution is 2.40. The molecule has 2 fully saturated rings. The lowest BCUT2D eigenvalue weighted by Gasteiger charge is -2.37. The molecule has 2 aliphatic rings. The van der Waals surface area contributed by atoms with Crippen LogP contribution in [-0.2, 0) is 11.3 Å². The Hall–Kier alpha value is -2.96. The van der Waals surface area contributed by atoms with Crippen LogP contribution >= 0.6 is 0 Å². The van der Waals surface area contributed by atoms with E-state index >= 15 is 0 Å². The fourth-order valence-electron chi connectivity index (χ4n) is 4.62. The molecule has 2 heterocycles. The van der Waals surface area contributed by atoms with Crippen molar-refractivity contribution in [3.63, 3.8) is 0 Å². The van der Waals surface area contributed by atoms with Gasteiger partial charge in [-0.25, -0.2) is 13.6 Å². The van der Waals surface area contributed by atoms with Gasteiger partial charge in [-0.3, -0.25) is 4.79 Å². The first-order valence-corrected chi connectivity index (χ1v) is 10.0. The number of fused-ring (bicyclic) bond motifs is 2. The number of benzene rings is 2. The van der Waals surface area contributed by atoms with Gasteiger partial charge in [-0.15, -0.1) is 0 Å². The Morgan fingerprint density at radius 1 is 1.03 bits per heavy atom. The van der Waals surface area contributed by atoms with Crippen molar-refractivity contribution in [3.05, 3.63) is 65.2 Å². The molecule has 2 unspecified atom stereocenters. The summed E-state index contributed by atoms with van der Waals surface area (Å²) in [5, 5.41) is 0. The Morgan fingerprint density at radius 2 is 1.63 bits per heavy atom.